The first kappa shape index (κ1) is 15.4. The molecule has 2 rings (SSSR count). The molecule has 21 heavy (non-hydrogen) atoms. The Hall–Kier alpha value is -2.01. The van der Waals surface area contributed by atoms with E-state index >= 15 is 0 Å². The molecule has 0 heterocycles. The van der Waals surface area contributed by atoms with Gasteiger partial charge in [0.25, 0.3) is 10.0 Å². The number of sulfonamides is 1. The summed E-state index contributed by atoms with van der Waals surface area (Å²) in [6, 6.07) is 10.7. The molecule has 0 radical (unpaired) electrons. The molecular formula is C16H20N2O2S. The van der Waals surface area contributed by atoms with E-state index < -0.39 is 10.0 Å². The Kier molecular flexibility index (Phi) is 3.96. The molecule has 0 fully saturated rings. The summed E-state index contributed by atoms with van der Waals surface area (Å²) in [4.78, 5) is 0.147. The number of nitrogens with two attached hydrogens (primary N) is 1. The van der Waals surface area contributed by atoms with Gasteiger partial charge in [0.05, 0.1) is 11.4 Å². The first-order valence-corrected chi connectivity index (χ1v) is 8.10. The van der Waals surface area contributed by atoms with Gasteiger partial charge < -0.3 is 5.73 Å². The van der Waals surface area contributed by atoms with Crippen LogP contribution in [0.25, 0.3) is 0 Å². The molecule has 0 aliphatic heterocycles. The summed E-state index contributed by atoms with van der Waals surface area (Å²) in [5.41, 5.74) is 9.75. The van der Waals surface area contributed by atoms with Gasteiger partial charge in [0, 0.05) is 7.05 Å². The van der Waals surface area contributed by atoms with Crippen LogP contribution in [0.1, 0.15) is 16.7 Å². The van der Waals surface area contributed by atoms with E-state index in [1.165, 1.54) is 11.4 Å². The maximum atomic E-state index is 12.7. The molecular weight excluding hydrogens is 284 g/mol. The van der Waals surface area contributed by atoms with Crippen LogP contribution in [0, 0.1) is 20.8 Å². The molecule has 0 aliphatic rings. The summed E-state index contributed by atoms with van der Waals surface area (Å²) in [7, 11) is -2.13. The molecule has 0 amide bonds. The highest BCUT2D eigenvalue weighted by molar-refractivity contribution is 7.93. The number of benzene rings is 2. The smallest absolute Gasteiger partial charge is 0.266 e. The molecule has 0 aliphatic carbocycles. The van der Waals surface area contributed by atoms with E-state index in [-0.39, 0.29) is 10.6 Å². The fraction of sp³-hybridized carbons (Fsp3) is 0.250. The highest BCUT2D eigenvalue weighted by Crippen LogP contribution is 2.28. The fourth-order valence-electron chi connectivity index (χ4n) is 2.08. The Bertz CT molecular complexity index is 766. The number of anilines is 2. The molecule has 5 heteroatoms. The van der Waals surface area contributed by atoms with E-state index in [1.54, 1.807) is 24.3 Å². The van der Waals surface area contributed by atoms with Crippen LogP contribution in [-0.4, -0.2) is 15.5 Å². The summed E-state index contributed by atoms with van der Waals surface area (Å²) >= 11 is 0. The van der Waals surface area contributed by atoms with Gasteiger partial charge in [-0.25, -0.2) is 8.42 Å². The Labute approximate surface area is 126 Å². The van der Waals surface area contributed by atoms with Gasteiger partial charge in [-0.2, -0.15) is 0 Å². The highest BCUT2D eigenvalue weighted by atomic mass is 32.2. The van der Waals surface area contributed by atoms with Gasteiger partial charge in [-0.05, 0) is 56.2 Å². The zero-order chi connectivity index (χ0) is 15.8. The van der Waals surface area contributed by atoms with Gasteiger partial charge in [-0.15, -0.1) is 0 Å². The van der Waals surface area contributed by atoms with E-state index in [2.05, 4.69) is 0 Å². The zero-order valence-corrected chi connectivity index (χ0v) is 13.5. The largest absolute Gasteiger partial charge is 0.398 e. The second kappa shape index (κ2) is 5.41. The fourth-order valence-corrected chi connectivity index (χ4v) is 3.45. The monoisotopic (exact) mass is 304 g/mol. The molecule has 4 nitrogen and oxygen atoms in total. The number of hydrogen-bond donors (Lipinski definition) is 1. The van der Waals surface area contributed by atoms with Crippen LogP contribution in [0.5, 0.6) is 0 Å². The molecule has 112 valence electrons. The lowest BCUT2D eigenvalue weighted by molar-refractivity contribution is 0.594. The molecule has 0 unspecified atom stereocenters. The normalized spacial score (nSPS) is 11.4. The minimum Gasteiger partial charge on any atom is -0.398 e. The van der Waals surface area contributed by atoms with Crippen molar-refractivity contribution in [2.75, 3.05) is 17.1 Å². The molecule has 2 aromatic rings. The van der Waals surface area contributed by atoms with E-state index in [1.807, 2.05) is 32.9 Å². The van der Waals surface area contributed by atoms with Crippen molar-refractivity contribution < 1.29 is 8.42 Å². The minimum atomic E-state index is -3.67. The summed E-state index contributed by atoms with van der Waals surface area (Å²) in [6.45, 7) is 5.74. The van der Waals surface area contributed by atoms with Crippen molar-refractivity contribution in [2.45, 2.75) is 25.7 Å². The molecule has 2 aromatic carbocycles. The predicted molar refractivity (Wildman–Crippen MR) is 87.1 cm³/mol. The lowest BCUT2D eigenvalue weighted by atomic mass is 10.1. The third-order valence-corrected chi connectivity index (χ3v) is 5.50. The van der Waals surface area contributed by atoms with Crippen molar-refractivity contribution in [3.8, 4) is 0 Å². The van der Waals surface area contributed by atoms with E-state index in [0.717, 1.165) is 16.7 Å². The second-order valence-electron chi connectivity index (χ2n) is 5.28. The molecule has 0 bridgehead atoms. The van der Waals surface area contributed by atoms with Crippen LogP contribution in [0.3, 0.4) is 0 Å². The number of nitrogen functional groups attached to an aromatic ring is 1. The molecule has 0 saturated carbocycles. The number of aryl methyl sites for hydroxylation is 3. The maximum Gasteiger partial charge on any atom is 0.266 e. The average molecular weight is 304 g/mol. The number of nitrogens with zero attached hydrogens (tertiary/aromatic N) is 1. The number of hydrogen-bond acceptors (Lipinski definition) is 3. The molecule has 2 N–H and O–H groups in total. The lowest BCUT2D eigenvalue weighted by Crippen LogP contribution is -2.27. The third-order valence-electron chi connectivity index (χ3n) is 3.66. The quantitative estimate of drug-likeness (QED) is 0.887. The second-order valence-corrected chi connectivity index (χ2v) is 7.22. The average Bonchev–Trinajstić information content (AvgIpc) is 2.42. The first-order valence-electron chi connectivity index (χ1n) is 6.66. The Morgan fingerprint density at radius 2 is 1.48 bits per heavy atom. The minimum absolute atomic E-state index is 0.147. The van der Waals surface area contributed by atoms with Crippen molar-refractivity contribution in [1.29, 1.82) is 0 Å². The summed E-state index contributed by atoms with van der Waals surface area (Å²) in [5, 5.41) is 0. The Morgan fingerprint density at radius 1 is 0.952 bits per heavy atom. The summed E-state index contributed by atoms with van der Waals surface area (Å²) < 4.78 is 26.8. The van der Waals surface area contributed by atoms with E-state index in [0.29, 0.717) is 5.69 Å². The van der Waals surface area contributed by atoms with Gasteiger partial charge in [0.2, 0.25) is 0 Å². The van der Waals surface area contributed by atoms with Crippen LogP contribution < -0.4 is 10.0 Å². The third kappa shape index (κ3) is 2.88. The highest BCUT2D eigenvalue weighted by Gasteiger charge is 2.24. The molecule has 0 atom stereocenters. The van der Waals surface area contributed by atoms with Gasteiger partial charge in [-0.1, -0.05) is 17.7 Å². The lowest BCUT2D eigenvalue weighted by Gasteiger charge is -2.21. The molecule has 0 aromatic heterocycles. The standard InChI is InChI=1S/C16H20N2O2S/c1-11-5-7-14(8-6-11)18(4)21(19,20)16-10-13(3)12(2)9-15(16)17/h5-10H,17H2,1-4H3. The van der Waals surface area contributed by atoms with Crippen molar-refractivity contribution in [2.24, 2.45) is 0 Å². The van der Waals surface area contributed by atoms with Gasteiger partial charge in [0.1, 0.15) is 4.90 Å². The molecule has 0 spiro atoms. The molecule has 0 saturated heterocycles. The van der Waals surface area contributed by atoms with Crippen LogP contribution >= 0.6 is 0 Å². The number of rotatable bonds is 3. The van der Waals surface area contributed by atoms with Crippen molar-refractivity contribution in [3.63, 3.8) is 0 Å². The zero-order valence-electron chi connectivity index (χ0n) is 12.7. The Morgan fingerprint density at radius 3 is 2.05 bits per heavy atom. The van der Waals surface area contributed by atoms with Gasteiger partial charge in [-0.3, -0.25) is 4.31 Å². The predicted octanol–water partition coefficient (Wildman–Crippen LogP) is 3.02. The van der Waals surface area contributed by atoms with Crippen molar-refractivity contribution in [1.82, 2.24) is 0 Å². The Balaban J connectivity index is 2.51. The summed E-state index contributed by atoms with van der Waals surface area (Å²) in [5.74, 6) is 0. The SMILES string of the molecule is Cc1ccc(N(C)S(=O)(=O)c2cc(C)c(C)cc2N)cc1. The van der Waals surface area contributed by atoms with Crippen molar-refractivity contribution >= 4 is 21.4 Å². The van der Waals surface area contributed by atoms with E-state index in [4.69, 9.17) is 5.73 Å². The van der Waals surface area contributed by atoms with Gasteiger partial charge in [0.15, 0.2) is 0 Å². The topological polar surface area (TPSA) is 63.4 Å². The van der Waals surface area contributed by atoms with Crippen LogP contribution in [0.15, 0.2) is 41.3 Å². The van der Waals surface area contributed by atoms with Crippen molar-refractivity contribution in [3.05, 3.63) is 53.1 Å². The maximum absolute atomic E-state index is 12.7. The van der Waals surface area contributed by atoms with Crippen LogP contribution in [-0.2, 0) is 10.0 Å². The van der Waals surface area contributed by atoms with E-state index in [9.17, 15) is 8.42 Å². The van der Waals surface area contributed by atoms with Crippen LogP contribution in [0.2, 0.25) is 0 Å². The first-order chi connectivity index (χ1) is 9.73. The summed E-state index contributed by atoms with van der Waals surface area (Å²) in [6.07, 6.45) is 0. The van der Waals surface area contributed by atoms with Gasteiger partial charge >= 0.3 is 0 Å². The van der Waals surface area contributed by atoms with Crippen LogP contribution in [0.4, 0.5) is 11.4 Å².